The van der Waals surface area contributed by atoms with Gasteiger partial charge in [0.05, 0.1) is 17.1 Å². The van der Waals surface area contributed by atoms with Crippen molar-refractivity contribution in [3.63, 3.8) is 0 Å². The lowest BCUT2D eigenvalue weighted by atomic mass is 10.2. The van der Waals surface area contributed by atoms with E-state index in [2.05, 4.69) is 0 Å². The van der Waals surface area contributed by atoms with E-state index in [1.54, 1.807) is 12.1 Å². The second-order valence-electron chi connectivity index (χ2n) is 4.37. The summed E-state index contributed by atoms with van der Waals surface area (Å²) in [7, 11) is 1.43. The van der Waals surface area contributed by atoms with Crippen LogP contribution < -0.4 is 9.47 Å². The number of nitrogens with zero attached hydrogens (tertiary/aromatic N) is 1. The Morgan fingerprint density at radius 1 is 1.32 bits per heavy atom. The van der Waals surface area contributed by atoms with Gasteiger partial charge in [-0.25, -0.2) is 0 Å². The number of halogens is 1. The van der Waals surface area contributed by atoms with Crippen molar-refractivity contribution in [2.45, 2.75) is 6.61 Å². The number of carbonyl (C=O) groups is 1. The van der Waals surface area contributed by atoms with E-state index in [-0.39, 0.29) is 23.1 Å². The van der Waals surface area contributed by atoms with Crippen LogP contribution in [0.25, 0.3) is 0 Å². The first-order chi connectivity index (χ1) is 10.5. The minimum atomic E-state index is -0.476. The van der Waals surface area contributed by atoms with E-state index in [0.29, 0.717) is 23.2 Å². The van der Waals surface area contributed by atoms with Gasteiger partial charge in [-0.2, -0.15) is 0 Å². The van der Waals surface area contributed by atoms with Gasteiger partial charge in [0.25, 0.3) is 5.69 Å². The molecule has 0 heterocycles. The molecule has 0 radical (unpaired) electrons. The maximum absolute atomic E-state index is 10.8. The average Bonchev–Trinajstić information content (AvgIpc) is 2.53. The van der Waals surface area contributed by atoms with Gasteiger partial charge in [0.2, 0.25) is 0 Å². The number of hydrogen-bond donors (Lipinski definition) is 0. The molecule has 0 spiro atoms. The molecular weight excluding hydrogens is 310 g/mol. The van der Waals surface area contributed by atoms with E-state index in [1.165, 1.54) is 31.4 Å². The summed E-state index contributed by atoms with van der Waals surface area (Å²) in [6.07, 6.45) is 0.652. The van der Waals surface area contributed by atoms with Gasteiger partial charge in [0.15, 0.2) is 11.5 Å². The van der Waals surface area contributed by atoms with Crippen molar-refractivity contribution in [1.29, 1.82) is 0 Å². The summed E-state index contributed by atoms with van der Waals surface area (Å²) in [4.78, 5) is 21.1. The lowest BCUT2D eigenvalue weighted by Gasteiger charge is -2.13. The first kappa shape index (κ1) is 15.8. The van der Waals surface area contributed by atoms with Gasteiger partial charge in [0.1, 0.15) is 12.9 Å². The third kappa shape index (κ3) is 3.53. The van der Waals surface area contributed by atoms with Crippen molar-refractivity contribution in [2.75, 3.05) is 7.11 Å². The van der Waals surface area contributed by atoms with Crippen LogP contribution in [0.15, 0.2) is 36.4 Å². The van der Waals surface area contributed by atoms with Gasteiger partial charge < -0.3 is 9.47 Å². The molecule has 0 fully saturated rings. The molecule has 2 aromatic carbocycles. The molecular formula is C15H12ClNO5. The monoisotopic (exact) mass is 321 g/mol. The lowest BCUT2D eigenvalue weighted by Crippen LogP contribution is -2.00. The number of aldehydes is 1. The standard InChI is InChI=1S/C15H12ClNO5/c1-21-14-7-11(8-18)6-13(16)15(14)22-9-10-3-2-4-12(5-10)17(19)20/h2-8H,9H2,1H3. The zero-order chi connectivity index (χ0) is 16.1. The number of nitro groups is 1. The second-order valence-corrected chi connectivity index (χ2v) is 4.77. The van der Waals surface area contributed by atoms with E-state index in [0.717, 1.165) is 0 Å². The SMILES string of the molecule is COc1cc(C=O)cc(Cl)c1OCc1cccc([N+](=O)[O-])c1. The van der Waals surface area contributed by atoms with E-state index in [4.69, 9.17) is 21.1 Å². The molecule has 6 nitrogen and oxygen atoms in total. The maximum Gasteiger partial charge on any atom is 0.269 e. The van der Waals surface area contributed by atoms with E-state index in [1.807, 2.05) is 0 Å². The normalized spacial score (nSPS) is 10.1. The summed E-state index contributed by atoms with van der Waals surface area (Å²) in [6, 6.07) is 9.05. The minimum Gasteiger partial charge on any atom is -0.493 e. The number of ether oxygens (including phenoxy) is 2. The van der Waals surface area contributed by atoms with E-state index >= 15 is 0 Å². The summed E-state index contributed by atoms with van der Waals surface area (Å²) < 4.78 is 10.7. The highest BCUT2D eigenvalue weighted by Gasteiger charge is 2.13. The molecule has 0 unspecified atom stereocenters. The van der Waals surface area contributed by atoms with Crippen LogP contribution in [0, 0.1) is 10.1 Å². The third-order valence-electron chi connectivity index (χ3n) is 2.89. The number of benzene rings is 2. The third-order valence-corrected chi connectivity index (χ3v) is 3.17. The quantitative estimate of drug-likeness (QED) is 0.461. The summed E-state index contributed by atoms with van der Waals surface area (Å²) >= 11 is 6.07. The zero-order valence-corrected chi connectivity index (χ0v) is 12.4. The summed E-state index contributed by atoms with van der Waals surface area (Å²) in [5, 5.41) is 11.0. The molecule has 0 aliphatic heterocycles. The highest BCUT2D eigenvalue weighted by atomic mass is 35.5. The molecule has 0 atom stereocenters. The molecule has 0 aromatic heterocycles. The molecule has 7 heteroatoms. The molecule has 0 aliphatic rings. The fourth-order valence-corrected chi connectivity index (χ4v) is 2.14. The molecule has 0 N–H and O–H groups in total. The van der Waals surface area contributed by atoms with Crippen molar-refractivity contribution in [3.05, 3.63) is 62.7 Å². The molecule has 0 aliphatic carbocycles. The van der Waals surface area contributed by atoms with Crippen LogP contribution in [-0.2, 0) is 6.61 Å². The molecule has 0 saturated heterocycles. The largest absolute Gasteiger partial charge is 0.493 e. The molecule has 0 amide bonds. The minimum absolute atomic E-state index is 0.0181. The fraction of sp³-hybridized carbons (Fsp3) is 0.133. The van der Waals surface area contributed by atoms with Crippen LogP contribution >= 0.6 is 11.6 Å². The molecule has 0 bridgehead atoms. The summed E-state index contributed by atoms with van der Waals surface area (Å²) in [5.74, 6) is 0.598. The summed E-state index contributed by atoms with van der Waals surface area (Å²) in [6.45, 7) is 0.0815. The lowest BCUT2D eigenvalue weighted by molar-refractivity contribution is -0.384. The van der Waals surface area contributed by atoms with Crippen LogP contribution in [0.3, 0.4) is 0 Å². The first-order valence-corrected chi connectivity index (χ1v) is 6.61. The predicted octanol–water partition coefficient (Wildman–Crippen LogP) is 3.65. The average molecular weight is 322 g/mol. The number of carbonyl (C=O) groups excluding carboxylic acids is 1. The van der Waals surface area contributed by atoms with E-state index < -0.39 is 4.92 Å². The molecule has 22 heavy (non-hydrogen) atoms. The Kier molecular flexibility index (Phi) is 4.95. The topological polar surface area (TPSA) is 78.7 Å². The highest BCUT2D eigenvalue weighted by molar-refractivity contribution is 6.32. The van der Waals surface area contributed by atoms with Gasteiger partial charge in [-0.05, 0) is 17.7 Å². The predicted molar refractivity (Wildman–Crippen MR) is 80.8 cm³/mol. The van der Waals surface area contributed by atoms with Crippen molar-refractivity contribution in [2.24, 2.45) is 0 Å². The van der Waals surface area contributed by atoms with Crippen LogP contribution in [0.1, 0.15) is 15.9 Å². The Balaban J connectivity index is 2.23. The maximum atomic E-state index is 10.8. The Labute approximate surface area is 131 Å². The van der Waals surface area contributed by atoms with Gasteiger partial charge in [-0.1, -0.05) is 23.7 Å². The zero-order valence-electron chi connectivity index (χ0n) is 11.6. The number of nitro benzene ring substituents is 1. The number of non-ortho nitro benzene ring substituents is 1. The second kappa shape index (κ2) is 6.91. The number of rotatable bonds is 6. The summed E-state index contributed by atoms with van der Waals surface area (Å²) in [5.41, 5.74) is 0.965. The first-order valence-electron chi connectivity index (χ1n) is 6.24. The van der Waals surface area contributed by atoms with Crippen molar-refractivity contribution < 1.29 is 19.2 Å². The van der Waals surface area contributed by atoms with Crippen LogP contribution in [0.4, 0.5) is 5.69 Å². The van der Waals surface area contributed by atoms with E-state index in [9.17, 15) is 14.9 Å². The molecule has 114 valence electrons. The Bertz CT molecular complexity index is 717. The molecule has 2 rings (SSSR count). The van der Waals surface area contributed by atoms with Gasteiger partial charge >= 0.3 is 0 Å². The van der Waals surface area contributed by atoms with Gasteiger partial charge in [-0.15, -0.1) is 0 Å². The Hall–Kier alpha value is -2.60. The highest BCUT2D eigenvalue weighted by Crippen LogP contribution is 2.36. The Morgan fingerprint density at radius 2 is 2.09 bits per heavy atom. The van der Waals surface area contributed by atoms with Gasteiger partial charge in [0, 0.05) is 17.7 Å². The van der Waals surface area contributed by atoms with Crippen molar-refractivity contribution in [3.8, 4) is 11.5 Å². The smallest absolute Gasteiger partial charge is 0.269 e. The van der Waals surface area contributed by atoms with Crippen molar-refractivity contribution in [1.82, 2.24) is 0 Å². The van der Waals surface area contributed by atoms with Crippen molar-refractivity contribution >= 4 is 23.6 Å². The van der Waals surface area contributed by atoms with Crippen LogP contribution in [0.5, 0.6) is 11.5 Å². The van der Waals surface area contributed by atoms with Crippen LogP contribution in [-0.4, -0.2) is 18.3 Å². The van der Waals surface area contributed by atoms with Gasteiger partial charge in [-0.3, -0.25) is 14.9 Å². The number of hydrogen-bond acceptors (Lipinski definition) is 5. The molecule has 0 saturated carbocycles. The number of methoxy groups -OCH3 is 1. The molecule has 2 aromatic rings. The van der Waals surface area contributed by atoms with Crippen LogP contribution in [0.2, 0.25) is 5.02 Å². The fourth-order valence-electron chi connectivity index (χ4n) is 1.86. The Morgan fingerprint density at radius 3 is 2.73 bits per heavy atom.